The van der Waals surface area contributed by atoms with Crippen molar-refractivity contribution in [2.45, 2.75) is 44.8 Å². The average molecular weight is 413 g/mol. The van der Waals surface area contributed by atoms with Gasteiger partial charge in [0.2, 0.25) is 0 Å². The number of rotatable bonds is 9. The summed E-state index contributed by atoms with van der Waals surface area (Å²) < 4.78 is 17.0. The third-order valence-corrected chi connectivity index (χ3v) is 5.89. The zero-order chi connectivity index (χ0) is 20.6. The molecule has 1 amide bonds. The van der Waals surface area contributed by atoms with Crippen molar-refractivity contribution < 1.29 is 18.7 Å². The molecular formula is C24H32N2O4. The minimum absolute atomic E-state index is 0.0984. The maximum absolute atomic E-state index is 12.9. The van der Waals surface area contributed by atoms with Crippen molar-refractivity contribution in [2.75, 3.05) is 39.4 Å². The second-order valence-electron chi connectivity index (χ2n) is 8.19. The Bertz CT molecular complexity index is 763. The lowest BCUT2D eigenvalue weighted by Gasteiger charge is -2.26. The summed E-state index contributed by atoms with van der Waals surface area (Å²) in [5.41, 5.74) is 1.07. The van der Waals surface area contributed by atoms with Crippen molar-refractivity contribution >= 4 is 5.91 Å². The molecular weight excluding hydrogens is 380 g/mol. The van der Waals surface area contributed by atoms with E-state index in [1.807, 2.05) is 29.2 Å². The predicted octanol–water partition coefficient (Wildman–Crippen LogP) is 3.97. The van der Waals surface area contributed by atoms with E-state index in [0.717, 1.165) is 37.3 Å². The van der Waals surface area contributed by atoms with Gasteiger partial charge >= 0.3 is 0 Å². The first-order valence-electron chi connectivity index (χ1n) is 11.2. The molecule has 2 fully saturated rings. The lowest BCUT2D eigenvalue weighted by molar-refractivity contribution is 0.0484. The molecule has 0 N–H and O–H groups in total. The van der Waals surface area contributed by atoms with E-state index < -0.39 is 0 Å². The van der Waals surface area contributed by atoms with E-state index in [0.29, 0.717) is 25.5 Å². The number of hydrogen-bond donors (Lipinski definition) is 0. The Hall–Kier alpha value is -2.31. The third-order valence-electron chi connectivity index (χ3n) is 5.89. The van der Waals surface area contributed by atoms with Crippen molar-refractivity contribution in [2.24, 2.45) is 0 Å². The van der Waals surface area contributed by atoms with Crippen molar-refractivity contribution in [1.82, 2.24) is 9.80 Å². The summed E-state index contributed by atoms with van der Waals surface area (Å²) >= 11 is 0. The van der Waals surface area contributed by atoms with Crippen LogP contribution in [0.15, 0.2) is 47.1 Å². The van der Waals surface area contributed by atoms with Crippen LogP contribution in [0, 0.1) is 0 Å². The number of nitrogens with zero attached hydrogens (tertiary/aromatic N) is 2. The van der Waals surface area contributed by atoms with E-state index in [-0.39, 0.29) is 12.0 Å². The molecule has 0 unspecified atom stereocenters. The second kappa shape index (κ2) is 10.6. The van der Waals surface area contributed by atoms with Crippen LogP contribution in [0.4, 0.5) is 0 Å². The first-order chi connectivity index (χ1) is 14.8. The third kappa shape index (κ3) is 5.86. The van der Waals surface area contributed by atoms with Crippen LogP contribution in [0.5, 0.6) is 5.75 Å². The van der Waals surface area contributed by atoms with Gasteiger partial charge in [-0.3, -0.25) is 9.69 Å². The number of carbonyl (C=O) groups is 1. The smallest absolute Gasteiger partial charge is 0.289 e. The van der Waals surface area contributed by atoms with E-state index >= 15 is 0 Å². The van der Waals surface area contributed by atoms with Gasteiger partial charge in [-0.15, -0.1) is 0 Å². The fourth-order valence-corrected chi connectivity index (χ4v) is 4.20. The Kier molecular flexibility index (Phi) is 7.43. The molecule has 0 aliphatic carbocycles. The molecule has 1 aromatic heterocycles. The van der Waals surface area contributed by atoms with Gasteiger partial charge in [-0.2, -0.15) is 0 Å². The summed E-state index contributed by atoms with van der Waals surface area (Å²) in [5.74, 6) is 1.14. The molecule has 6 heteroatoms. The highest BCUT2D eigenvalue weighted by Crippen LogP contribution is 2.19. The molecule has 1 atom stereocenters. The van der Waals surface area contributed by atoms with Gasteiger partial charge in [0.25, 0.3) is 5.91 Å². The van der Waals surface area contributed by atoms with Crippen molar-refractivity contribution in [1.29, 1.82) is 0 Å². The maximum Gasteiger partial charge on any atom is 0.289 e. The van der Waals surface area contributed by atoms with Crippen LogP contribution >= 0.6 is 0 Å². The van der Waals surface area contributed by atoms with Gasteiger partial charge in [-0.05, 0) is 68.6 Å². The number of amides is 1. The Morgan fingerprint density at radius 1 is 1.10 bits per heavy atom. The number of hydrogen-bond acceptors (Lipinski definition) is 5. The van der Waals surface area contributed by atoms with Gasteiger partial charge in [0.15, 0.2) is 5.76 Å². The van der Waals surface area contributed by atoms with E-state index in [9.17, 15) is 4.79 Å². The van der Waals surface area contributed by atoms with Crippen LogP contribution in [0.3, 0.4) is 0 Å². The molecule has 2 aliphatic rings. The van der Waals surface area contributed by atoms with E-state index in [4.69, 9.17) is 13.9 Å². The quantitative estimate of drug-likeness (QED) is 0.624. The number of piperidine rings is 1. The molecule has 0 spiro atoms. The number of benzene rings is 1. The van der Waals surface area contributed by atoms with Crippen LogP contribution in [0.1, 0.15) is 48.2 Å². The molecule has 1 aromatic carbocycles. The van der Waals surface area contributed by atoms with E-state index in [1.165, 1.54) is 38.6 Å². The Morgan fingerprint density at radius 3 is 2.63 bits per heavy atom. The van der Waals surface area contributed by atoms with Crippen molar-refractivity contribution in [3.8, 4) is 5.75 Å². The van der Waals surface area contributed by atoms with Crippen molar-refractivity contribution in [3.63, 3.8) is 0 Å². The topological polar surface area (TPSA) is 55.2 Å². The highest BCUT2D eigenvalue weighted by molar-refractivity contribution is 5.91. The SMILES string of the molecule is O=C(c1ccco1)N(Cc1ccc(OCCN2CCCCC2)cc1)C[C@@H]1CCCO1. The molecule has 2 aliphatic heterocycles. The fourth-order valence-electron chi connectivity index (χ4n) is 4.20. The summed E-state index contributed by atoms with van der Waals surface area (Å²) in [6, 6.07) is 11.5. The monoisotopic (exact) mass is 412 g/mol. The molecule has 162 valence electrons. The Morgan fingerprint density at radius 2 is 1.93 bits per heavy atom. The first kappa shape index (κ1) is 20.9. The molecule has 30 heavy (non-hydrogen) atoms. The second-order valence-corrected chi connectivity index (χ2v) is 8.19. The number of ether oxygens (including phenoxy) is 2. The first-order valence-corrected chi connectivity index (χ1v) is 11.2. The van der Waals surface area contributed by atoms with Crippen molar-refractivity contribution in [3.05, 3.63) is 54.0 Å². The molecule has 2 saturated heterocycles. The maximum atomic E-state index is 12.9. The molecule has 0 bridgehead atoms. The van der Waals surface area contributed by atoms with Crippen LogP contribution < -0.4 is 4.74 Å². The van der Waals surface area contributed by atoms with Gasteiger partial charge in [-0.1, -0.05) is 18.6 Å². The van der Waals surface area contributed by atoms with Crippen LogP contribution in [0.25, 0.3) is 0 Å². The summed E-state index contributed by atoms with van der Waals surface area (Å²) in [4.78, 5) is 17.2. The van der Waals surface area contributed by atoms with E-state index in [1.54, 1.807) is 12.1 Å². The minimum Gasteiger partial charge on any atom is -0.492 e. The normalized spacial score (nSPS) is 19.7. The highest BCUT2D eigenvalue weighted by Gasteiger charge is 2.25. The zero-order valence-corrected chi connectivity index (χ0v) is 17.6. The number of likely N-dealkylation sites (tertiary alicyclic amines) is 1. The lowest BCUT2D eigenvalue weighted by Crippen LogP contribution is -2.36. The number of furan rings is 1. The zero-order valence-electron chi connectivity index (χ0n) is 17.6. The average Bonchev–Trinajstić information content (AvgIpc) is 3.49. The van der Waals surface area contributed by atoms with Gasteiger partial charge in [0.1, 0.15) is 12.4 Å². The van der Waals surface area contributed by atoms with Crippen LogP contribution in [0.2, 0.25) is 0 Å². The van der Waals surface area contributed by atoms with Gasteiger partial charge in [0, 0.05) is 26.2 Å². The molecule has 3 heterocycles. The Balaban J connectivity index is 1.32. The predicted molar refractivity (Wildman–Crippen MR) is 115 cm³/mol. The van der Waals surface area contributed by atoms with Gasteiger partial charge in [0.05, 0.1) is 12.4 Å². The highest BCUT2D eigenvalue weighted by atomic mass is 16.5. The summed E-state index contributed by atoms with van der Waals surface area (Å²) in [6.45, 7) is 5.94. The van der Waals surface area contributed by atoms with E-state index in [2.05, 4.69) is 4.90 Å². The summed E-state index contributed by atoms with van der Waals surface area (Å²) in [7, 11) is 0. The molecule has 2 aromatic rings. The lowest BCUT2D eigenvalue weighted by atomic mass is 10.1. The molecule has 4 rings (SSSR count). The molecule has 0 saturated carbocycles. The fraction of sp³-hybridized carbons (Fsp3) is 0.542. The van der Waals surface area contributed by atoms with Gasteiger partial charge < -0.3 is 18.8 Å². The largest absolute Gasteiger partial charge is 0.492 e. The summed E-state index contributed by atoms with van der Waals surface area (Å²) in [5, 5.41) is 0. The van der Waals surface area contributed by atoms with Crippen LogP contribution in [-0.4, -0.2) is 61.2 Å². The number of carbonyl (C=O) groups excluding carboxylic acids is 1. The van der Waals surface area contributed by atoms with Gasteiger partial charge in [-0.25, -0.2) is 0 Å². The van der Waals surface area contributed by atoms with Crippen LogP contribution in [-0.2, 0) is 11.3 Å². The summed E-state index contributed by atoms with van der Waals surface area (Å²) in [6.07, 6.45) is 7.63. The minimum atomic E-state index is -0.0997. The standard InChI is InChI=1S/C24H32N2O4/c27-24(23-7-5-16-30-23)26(19-22-6-4-15-28-22)18-20-8-10-21(11-9-20)29-17-14-25-12-2-1-3-13-25/h5,7-11,16,22H,1-4,6,12-15,17-19H2/t22-/m0/s1. The molecule has 0 radical (unpaired) electrons. The Labute approximate surface area is 178 Å². The molecule has 6 nitrogen and oxygen atoms in total.